The summed E-state index contributed by atoms with van der Waals surface area (Å²) in [5.41, 5.74) is 20.0. The first-order chi connectivity index (χ1) is 40.7. The minimum Gasteiger partial charge on any atom is -0.309 e. The topological polar surface area (TPSA) is 48.5 Å². The molecule has 3 heterocycles. The molecule has 0 fully saturated rings. The number of aromatic nitrogens is 5. The van der Waals surface area contributed by atoms with Crippen molar-refractivity contribution in [2.45, 2.75) is 0 Å². The van der Waals surface area contributed by atoms with E-state index in [2.05, 4.69) is 319 Å². The van der Waals surface area contributed by atoms with Gasteiger partial charge in [-0.05, 0) is 80.9 Å². The summed E-state index contributed by atoms with van der Waals surface area (Å²) in [6, 6.07) is 111. The average Bonchev–Trinajstić information content (AvgIpc) is 3.87. The molecule has 0 spiro atoms. The quantitative estimate of drug-likeness (QED) is 0.115. The number of nitrogens with zero attached hydrogens (tertiary/aromatic N) is 5. The second kappa shape index (κ2) is 20.9. The van der Waals surface area contributed by atoms with Crippen LogP contribution in [0.1, 0.15) is 0 Å². The van der Waals surface area contributed by atoms with Crippen molar-refractivity contribution in [3.63, 3.8) is 0 Å². The second-order valence-electron chi connectivity index (χ2n) is 21.1. The Bertz CT molecular complexity index is 4460. The predicted molar refractivity (Wildman–Crippen MR) is 345 cm³/mol. The first-order valence-electron chi connectivity index (χ1n) is 28.1. The van der Waals surface area contributed by atoms with Crippen molar-refractivity contribution in [3.05, 3.63) is 309 Å². The van der Waals surface area contributed by atoms with Crippen molar-refractivity contribution in [1.29, 1.82) is 0 Å². The van der Waals surface area contributed by atoms with Crippen LogP contribution in [0.2, 0.25) is 0 Å². The van der Waals surface area contributed by atoms with Crippen LogP contribution in [0.3, 0.4) is 0 Å². The van der Waals surface area contributed by atoms with Gasteiger partial charge in [0.05, 0.1) is 22.1 Å². The molecular formula is C75H51B2N5. The minimum absolute atomic E-state index is 0.427. The van der Waals surface area contributed by atoms with E-state index in [0.29, 0.717) is 17.4 Å². The Morgan fingerprint density at radius 1 is 0.220 bits per heavy atom. The Balaban J connectivity index is 1.05. The molecule has 0 atom stereocenters. The van der Waals surface area contributed by atoms with Gasteiger partial charge in [-0.15, -0.1) is 0 Å². The number of rotatable bonds is 12. The normalized spacial score (nSPS) is 11.4. The van der Waals surface area contributed by atoms with Crippen LogP contribution >= 0.6 is 0 Å². The number of para-hydroxylation sites is 3. The monoisotopic (exact) mass is 1040 g/mol. The molecule has 0 aliphatic rings. The van der Waals surface area contributed by atoms with Crippen LogP contribution in [-0.4, -0.2) is 37.5 Å². The van der Waals surface area contributed by atoms with E-state index < -0.39 is 13.4 Å². The van der Waals surface area contributed by atoms with E-state index in [1.165, 1.54) is 5.39 Å². The zero-order valence-electron chi connectivity index (χ0n) is 44.8. The van der Waals surface area contributed by atoms with Crippen molar-refractivity contribution < 1.29 is 0 Å². The Labute approximate surface area is 477 Å². The standard InChI is InChI=1S/C75H51B2N5/c1-6-24-52(25-7-1)56-32-20-36-60(46-56)76(61-37-21-33-57(47-61)53-26-8-2-9-27-53)73-78-74(77(62-38-22-34-58(48-62)54-28-10-3-11-29-54)63-39-23-35-59(49-63)55-30-12-4-13-31-55)80-75(79-73)82-70-45-19-17-43-66(70)68-50-71-67(51-72(68)82)65-42-16-18-44-69(65)81(71)64-40-14-5-15-41-64/h1-51H. The fourth-order valence-corrected chi connectivity index (χ4v) is 12.4. The van der Waals surface area contributed by atoms with E-state index in [0.717, 1.165) is 110 Å². The van der Waals surface area contributed by atoms with Crippen molar-refractivity contribution >= 4 is 90.3 Å². The van der Waals surface area contributed by atoms with Gasteiger partial charge in [0.2, 0.25) is 5.95 Å². The van der Waals surface area contributed by atoms with E-state index >= 15 is 0 Å². The summed E-state index contributed by atoms with van der Waals surface area (Å²) in [5, 5.41) is 4.53. The van der Waals surface area contributed by atoms with Gasteiger partial charge < -0.3 is 4.57 Å². The Hall–Kier alpha value is -10.6. The minimum atomic E-state index is -0.427. The molecule has 15 rings (SSSR count). The third-order valence-electron chi connectivity index (χ3n) is 16.2. The summed E-state index contributed by atoms with van der Waals surface area (Å²) < 4.78 is 4.69. The maximum Gasteiger partial charge on any atom is 0.290 e. The van der Waals surface area contributed by atoms with E-state index in [4.69, 9.17) is 15.0 Å². The van der Waals surface area contributed by atoms with Crippen LogP contribution in [0.4, 0.5) is 0 Å². The lowest BCUT2D eigenvalue weighted by Gasteiger charge is -2.21. The number of fused-ring (bicyclic) bond motifs is 6. The highest BCUT2D eigenvalue weighted by molar-refractivity contribution is 6.96. The lowest BCUT2D eigenvalue weighted by Crippen LogP contribution is -2.61. The summed E-state index contributed by atoms with van der Waals surface area (Å²) in [4.78, 5) is 17.6. The predicted octanol–water partition coefficient (Wildman–Crippen LogP) is 13.8. The molecule has 0 amide bonds. The van der Waals surface area contributed by atoms with Gasteiger partial charge in [-0.25, -0.2) is 15.0 Å². The van der Waals surface area contributed by atoms with Crippen LogP contribution in [0.15, 0.2) is 309 Å². The second-order valence-corrected chi connectivity index (χ2v) is 21.1. The molecule has 0 unspecified atom stereocenters. The fourth-order valence-electron chi connectivity index (χ4n) is 12.4. The van der Waals surface area contributed by atoms with Gasteiger partial charge >= 0.3 is 0 Å². The Kier molecular flexibility index (Phi) is 12.3. The lowest BCUT2D eigenvalue weighted by molar-refractivity contribution is 0.982. The third-order valence-corrected chi connectivity index (χ3v) is 16.2. The van der Waals surface area contributed by atoms with E-state index in [9.17, 15) is 0 Å². The van der Waals surface area contributed by atoms with Gasteiger partial charge in [0.15, 0.2) is 0 Å². The number of hydrogen-bond acceptors (Lipinski definition) is 3. The van der Waals surface area contributed by atoms with Crippen molar-refractivity contribution in [2.75, 3.05) is 0 Å². The molecule has 5 nitrogen and oxygen atoms in total. The molecule has 0 N–H and O–H groups in total. The van der Waals surface area contributed by atoms with Gasteiger partial charge in [0.1, 0.15) is 11.4 Å². The third kappa shape index (κ3) is 8.86. The Morgan fingerprint density at radius 3 is 0.902 bits per heavy atom. The summed E-state index contributed by atoms with van der Waals surface area (Å²) in [5.74, 6) is 0.546. The van der Waals surface area contributed by atoms with Gasteiger partial charge in [0, 0.05) is 27.2 Å². The van der Waals surface area contributed by atoms with Crippen LogP contribution in [-0.2, 0) is 0 Å². The van der Waals surface area contributed by atoms with Crippen molar-refractivity contribution in [2.24, 2.45) is 0 Å². The van der Waals surface area contributed by atoms with Crippen molar-refractivity contribution in [3.8, 4) is 56.1 Å². The molecule has 0 saturated carbocycles. The molecule has 0 saturated heterocycles. The van der Waals surface area contributed by atoms with Crippen LogP contribution < -0.4 is 33.3 Å². The lowest BCUT2D eigenvalue weighted by atomic mass is 9.38. The molecule has 0 bridgehead atoms. The zero-order chi connectivity index (χ0) is 54.3. The summed E-state index contributed by atoms with van der Waals surface area (Å²) in [6.07, 6.45) is 0. The maximum absolute atomic E-state index is 5.91. The molecule has 12 aromatic carbocycles. The molecule has 0 radical (unpaired) electrons. The van der Waals surface area contributed by atoms with Gasteiger partial charge in [-0.1, -0.05) is 295 Å². The van der Waals surface area contributed by atoms with Crippen LogP contribution in [0, 0.1) is 0 Å². The summed E-state index contributed by atoms with van der Waals surface area (Å²) in [6.45, 7) is -0.855. The number of hydrogen-bond donors (Lipinski definition) is 0. The van der Waals surface area contributed by atoms with E-state index in [-0.39, 0.29) is 0 Å². The fraction of sp³-hybridized carbons (Fsp3) is 0. The smallest absolute Gasteiger partial charge is 0.290 e. The molecule has 0 aliphatic heterocycles. The largest absolute Gasteiger partial charge is 0.309 e. The average molecular weight is 1040 g/mol. The molecule has 0 aliphatic carbocycles. The molecule has 15 aromatic rings. The van der Waals surface area contributed by atoms with Crippen LogP contribution in [0.5, 0.6) is 0 Å². The SMILES string of the molecule is c1ccc(-c2cccc(B(c3cccc(-c4ccccc4)c3)c3nc(B(c4cccc(-c5ccccc5)c4)c4cccc(-c5ccccc5)c4)nc(-n4c5ccccc5c5cc6c(cc54)c4ccccc4n6-c4ccccc4)n3)c2)cc1. The van der Waals surface area contributed by atoms with Gasteiger partial charge in [-0.2, -0.15) is 0 Å². The summed E-state index contributed by atoms with van der Waals surface area (Å²) >= 11 is 0. The molecule has 3 aromatic heterocycles. The summed E-state index contributed by atoms with van der Waals surface area (Å²) in [7, 11) is 0. The van der Waals surface area contributed by atoms with Crippen LogP contribution in [0.25, 0.3) is 99.8 Å². The first kappa shape index (κ1) is 48.5. The molecule has 82 heavy (non-hydrogen) atoms. The van der Waals surface area contributed by atoms with Gasteiger partial charge in [0.25, 0.3) is 13.4 Å². The molecular weight excluding hydrogens is 992 g/mol. The van der Waals surface area contributed by atoms with E-state index in [1.54, 1.807) is 0 Å². The van der Waals surface area contributed by atoms with Gasteiger partial charge in [-0.3, -0.25) is 4.57 Å². The van der Waals surface area contributed by atoms with E-state index in [1.807, 2.05) is 0 Å². The highest BCUT2D eigenvalue weighted by Gasteiger charge is 2.33. The molecule has 382 valence electrons. The Morgan fingerprint density at radius 2 is 0.524 bits per heavy atom. The highest BCUT2D eigenvalue weighted by atomic mass is 15.2. The maximum atomic E-state index is 5.91. The zero-order valence-corrected chi connectivity index (χ0v) is 44.8. The van der Waals surface area contributed by atoms with Crippen molar-refractivity contribution in [1.82, 2.24) is 24.1 Å². The number of benzene rings is 12. The molecule has 7 heteroatoms. The first-order valence-corrected chi connectivity index (χ1v) is 28.1. The highest BCUT2D eigenvalue weighted by Crippen LogP contribution is 2.39.